The molecule has 0 fully saturated rings. The molecule has 2 atom stereocenters. The van der Waals surface area contributed by atoms with Crippen LogP contribution in [-0.4, -0.2) is 28.4 Å². The van der Waals surface area contributed by atoms with Crippen LogP contribution in [0.5, 0.6) is 0 Å². The number of hydrogen-bond donors (Lipinski definition) is 2. The zero-order chi connectivity index (χ0) is 15.2. The number of benzene rings is 1. The maximum absolute atomic E-state index is 12.8. The van der Waals surface area contributed by atoms with E-state index in [1.165, 1.54) is 12.1 Å². The summed E-state index contributed by atoms with van der Waals surface area (Å²) < 4.78 is 12.8. The van der Waals surface area contributed by atoms with Crippen LogP contribution in [-0.2, 0) is 4.79 Å². The van der Waals surface area contributed by atoms with Crippen molar-refractivity contribution in [3.8, 4) is 0 Å². The molecule has 2 N–H and O–H groups in total. The molecule has 0 spiro atoms. The number of carboxylic acid groups (broad SMARTS) is 1. The Hall–Kier alpha value is -1.07. The van der Waals surface area contributed by atoms with Gasteiger partial charge in [-0.2, -0.15) is 0 Å². The van der Waals surface area contributed by atoms with Gasteiger partial charge in [0.25, 0.3) is 0 Å². The summed E-state index contributed by atoms with van der Waals surface area (Å²) in [6.45, 7) is 6.39. The van der Waals surface area contributed by atoms with Gasteiger partial charge in [-0.3, -0.25) is 4.79 Å². The van der Waals surface area contributed by atoms with Gasteiger partial charge < -0.3 is 10.4 Å². The highest BCUT2D eigenvalue weighted by molar-refractivity contribution is 7.99. The summed E-state index contributed by atoms with van der Waals surface area (Å²) in [5.74, 6) is -1.10. The second-order valence-electron chi connectivity index (χ2n) is 5.15. The first-order chi connectivity index (χ1) is 9.37. The van der Waals surface area contributed by atoms with Gasteiger partial charge >= 0.3 is 5.97 Å². The van der Waals surface area contributed by atoms with Crippen LogP contribution in [0.25, 0.3) is 0 Å². The zero-order valence-electron chi connectivity index (χ0n) is 12.1. The molecule has 112 valence electrons. The number of rotatable bonds is 8. The van der Waals surface area contributed by atoms with Gasteiger partial charge in [0.05, 0.1) is 0 Å². The standard InChI is InChI=1S/C15H22FNO2S/c1-4-9-17-15(3,14(18)19)10-11(2)20-13-7-5-12(16)6-8-13/h5-8,11,17H,4,9-10H2,1-3H3,(H,18,19). The van der Waals surface area contributed by atoms with E-state index in [2.05, 4.69) is 5.32 Å². The van der Waals surface area contributed by atoms with Gasteiger partial charge in [-0.1, -0.05) is 13.8 Å². The van der Waals surface area contributed by atoms with E-state index in [0.717, 1.165) is 11.3 Å². The average molecular weight is 299 g/mol. The smallest absolute Gasteiger partial charge is 0.323 e. The molecular weight excluding hydrogens is 277 g/mol. The summed E-state index contributed by atoms with van der Waals surface area (Å²) in [6.07, 6.45) is 1.40. The van der Waals surface area contributed by atoms with Crippen LogP contribution in [0.2, 0.25) is 0 Å². The highest BCUT2D eigenvalue weighted by Gasteiger charge is 2.34. The number of halogens is 1. The molecule has 20 heavy (non-hydrogen) atoms. The predicted octanol–water partition coefficient (Wildman–Crippen LogP) is 3.54. The van der Waals surface area contributed by atoms with E-state index in [4.69, 9.17) is 0 Å². The Kier molecular flexibility index (Phi) is 6.49. The number of carboxylic acids is 1. The number of carbonyl (C=O) groups is 1. The molecule has 1 rings (SSSR count). The van der Waals surface area contributed by atoms with Gasteiger partial charge in [-0.25, -0.2) is 4.39 Å². The Bertz CT molecular complexity index is 438. The molecule has 2 unspecified atom stereocenters. The fourth-order valence-corrected chi connectivity index (χ4v) is 3.17. The third kappa shape index (κ3) is 5.13. The topological polar surface area (TPSA) is 49.3 Å². The summed E-state index contributed by atoms with van der Waals surface area (Å²) >= 11 is 1.56. The molecule has 0 aliphatic heterocycles. The quantitative estimate of drug-likeness (QED) is 0.721. The molecule has 0 aromatic heterocycles. The van der Waals surface area contributed by atoms with Crippen LogP contribution < -0.4 is 5.32 Å². The van der Waals surface area contributed by atoms with Crippen molar-refractivity contribution in [3.63, 3.8) is 0 Å². The molecule has 0 aliphatic rings. The van der Waals surface area contributed by atoms with E-state index in [-0.39, 0.29) is 11.1 Å². The van der Waals surface area contributed by atoms with Crippen molar-refractivity contribution in [1.82, 2.24) is 5.32 Å². The van der Waals surface area contributed by atoms with Gasteiger partial charge in [-0.05, 0) is 50.6 Å². The van der Waals surface area contributed by atoms with Crippen LogP contribution in [0.4, 0.5) is 4.39 Å². The predicted molar refractivity (Wildman–Crippen MR) is 80.7 cm³/mol. The third-order valence-electron chi connectivity index (χ3n) is 3.08. The summed E-state index contributed by atoms with van der Waals surface area (Å²) in [5, 5.41) is 12.6. The van der Waals surface area contributed by atoms with E-state index in [1.54, 1.807) is 30.8 Å². The van der Waals surface area contributed by atoms with Crippen molar-refractivity contribution >= 4 is 17.7 Å². The Morgan fingerprint density at radius 3 is 2.55 bits per heavy atom. The maximum Gasteiger partial charge on any atom is 0.323 e. The van der Waals surface area contributed by atoms with Crippen molar-refractivity contribution < 1.29 is 14.3 Å². The molecule has 0 amide bonds. The first-order valence-corrected chi connectivity index (χ1v) is 7.66. The SMILES string of the molecule is CCCNC(C)(CC(C)Sc1ccc(F)cc1)C(=O)O. The molecule has 3 nitrogen and oxygen atoms in total. The van der Waals surface area contributed by atoms with Gasteiger partial charge in [0, 0.05) is 10.1 Å². The molecular formula is C15H22FNO2S. The van der Waals surface area contributed by atoms with Crippen LogP contribution in [0.3, 0.4) is 0 Å². The van der Waals surface area contributed by atoms with Gasteiger partial charge in [0.1, 0.15) is 11.4 Å². The normalized spacial score (nSPS) is 15.6. The second kappa shape index (κ2) is 7.64. The number of thioether (sulfide) groups is 1. The van der Waals surface area contributed by atoms with Crippen molar-refractivity contribution in [2.75, 3.05) is 6.54 Å². The van der Waals surface area contributed by atoms with Crippen LogP contribution in [0, 0.1) is 5.82 Å². The molecule has 1 aromatic rings. The lowest BCUT2D eigenvalue weighted by Gasteiger charge is -2.29. The lowest BCUT2D eigenvalue weighted by atomic mass is 9.96. The Labute approximate surface area is 124 Å². The van der Waals surface area contributed by atoms with E-state index < -0.39 is 11.5 Å². The number of aliphatic carboxylic acids is 1. The summed E-state index contributed by atoms with van der Waals surface area (Å²) in [7, 11) is 0. The maximum atomic E-state index is 12.8. The second-order valence-corrected chi connectivity index (χ2v) is 6.66. The Morgan fingerprint density at radius 1 is 1.45 bits per heavy atom. The zero-order valence-corrected chi connectivity index (χ0v) is 13.0. The third-order valence-corrected chi connectivity index (χ3v) is 4.20. The van der Waals surface area contributed by atoms with Crippen molar-refractivity contribution in [2.45, 2.75) is 49.3 Å². The lowest BCUT2D eigenvalue weighted by Crippen LogP contribution is -2.51. The minimum absolute atomic E-state index is 0.117. The minimum atomic E-state index is -0.928. The van der Waals surface area contributed by atoms with Gasteiger partial charge in [0.2, 0.25) is 0 Å². The average Bonchev–Trinajstić information content (AvgIpc) is 2.39. The van der Waals surface area contributed by atoms with E-state index >= 15 is 0 Å². The number of nitrogens with one attached hydrogen (secondary N) is 1. The van der Waals surface area contributed by atoms with Crippen LogP contribution >= 0.6 is 11.8 Å². The lowest BCUT2D eigenvalue weighted by molar-refractivity contribution is -0.144. The monoisotopic (exact) mass is 299 g/mol. The Morgan fingerprint density at radius 2 is 2.05 bits per heavy atom. The first-order valence-electron chi connectivity index (χ1n) is 6.78. The molecule has 0 saturated heterocycles. The van der Waals surface area contributed by atoms with E-state index in [1.807, 2.05) is 13.8 Å². The summed E-state index contributed by atoms with van der Waals surface area (Å²) in [5.41, 5.74) is -0.928. The highest BCUT2D eigenvalue weighted by atomic mass is 32.2. The molecule has 0 aliphatic carbocycles. The largest absolute Gasteiger partial charge is 0.480 e. The molecule has 0 heterocycles. The molecule has 0 bridgehead atoms. The number of hydrogen-bond acceptors (Lipinski definition) is 3. The van der Waals surface area contributed by atoms with E-state index in [0.29, 0.717) is 13.0 Å². The van der Waals surface area contributed by atoms with Crippen molar-refractivity contribution in [1.29, 1.82) is 0 Å². The molecule has 0 radical (unpaired) electrons. The van der Waals surface area contributed by atoms with Crippen molar-refractivity contribution in [3.05, 3.63) is 30.1 Å². The van der Waals surface area contributed by atoms with Crippen LogP contribution in [0.1, 0.15) is 33.6 Å². The molecule has 5 heteroatoms. The molecule has 0 saturated carbocycles. The van der Waals surface area contributed by atoms with Crippen molar-refractivity contribution in [2.24, 2.45) is 0 Å². The summed E-state index contributed by atoms with van der Waals surface area (Å²) in [6, 6.07) is 6.27. The first kappa shape index (κ1) is 17.0. The van der Waals surface area contributed by atoms with E-state index in [9.17, 15) is 14.3 Å². The van der Waals surface area contributed by atoms with Crippen LogP contribution in [0.15, 0.2) is 29.2 Å². The van der Waals surface area contributed by atoms with Gasteiger partial charge in [-0.15, -0.1) is 11.8 Å². The highest BCUT2D eigenvalue weighted by Crippen LogP contribution is 2.29. The fraction of sp³-hybridized carbons (Fsp3) is 0.533. The Balaban J connectivity index is 2.64. The summed E-state index contributed by atoms with van der Waals surface area (Å²) in [4.78, 5) is 12.4. The molecule has 1 aromatic carbocycles. The fourth-order valence-electron chi connectivity index (χ4n) is 2.00. The van der Waals surface area contributed by atoms with Gasteiger partial charge in [0.15, 0.2) is 0 Å². The minimum Gasteiger partial charge on any atom is -0.480 e.